The number of nitrogens with zero attached hydrogens (tertiary/aromatic N) is 1. The SMILES string of the molecule is Cc1occc1C(NN)c1ccsn1. The predicted octanol–water partition coefficient (Wildman–Crippen LogP) is 1.60. The molecule has 5 heteroatoms. The first kappa shape index (κ1) is 9.39. The van der Waals surface area contributed by atoms with Crippen molar-refractivity contribution in [1.82, 2.24) is 9.80 Å². The lowest BCUT2D eigenvalue weighted by Crippen LogP contribution is -2.29. The van der Waals surface area contributed by atoms with Gasteiger partial charge in [-0.15, -0.1) is 0 Å². The summed E-state index contributed by atoms with van der Waals surface area (Å²) in [5, 5.41) is 1.93. The summed E-state index contributed by atoms with van der Waals surface area (Å²) in [5.74, 6) is 6.36. The number of hydrogen-bond donors (Lipinski definition) is 2. The van der Waals surface area contributed by atoms with Crippen LogP contribution in [0, 0.1) is 6.92 Å². The zero-order chi connectivity index (χ0) is 9.97. The summed E-state index contributed by atoms with van der Waals surface area (Å²) in [6.45, 7) is 1.91. The van der Waals surface area contributed by atoms with E-state index in [9.17, 15) is 0 Å². The van der Waals surface area contributed by atoms with Gasteiger partial charge in [0.05, 0.1) is 18.0 Å². The van der Waals surface area contributed by atoms with Gasteiger partial charge in [-0.1, -0.05) is 0 Å². The van der Waals surface area contributed by atoms with Gasteiger partial charge in [-0.25, -0.2) is 5.43 Å². The molecule has 0 saturated carbocycles. The average Bonchev–Trinajstić information content (AvgIpc) is 2.80. The van der Waals surface area contributed by atoms with Crippen LogP contribution in [0.15, 0.2) is 28.2 Å². The molecule has 0 bridgehead atoms. The second-order valence-corrected chi connectivity index (χ2v) is 3.62. The highest BCUT2D eigenvalue weighted by Crippen LogP contribution is 2.24. The molecule has 0 aliphatic carbocycles. The molecule has 0 radical (unpaired) electrons. The number of aryl methyl sites for hydroxylation is 1. The zero-order valence-corrected chi connectivity index (χ0v) is 8.54. The number of nitrogens with two attached hydrogens (primary N) is 1. The lowest BCUT2D eigenvalue weighted by molar-refractivity contribution is 0.519. The molecule has 3 N–H and O–H groups in total. The van der Waals surface area contributed by atoms with Crippen molar-refractivity contribution in [2.24, 2.45) is 5.84 Å². The molecule has 0 amide bonds. The fourth-order valence-corrected chi connectivity index (χ4v) is 1.95. The Bertz CT molecular complexity index is 396. The van der Waals surface area contributed by atoms with Crippen LogP contribution in [-0.2, 0) is 0 Å². The van der Waals surface area contributed by atoms with Crippen molar-refractivity contribution in [2.45, 2.75) is 13.0 Å². The maximum Gasteiger partial charge on any atom is 0.105 e. The summed E-state index contributed by atoms with van der Waals surface area (Å²) in [5.41, 5.74) is 4.68. The molecule has 74 valence electrons. The van der Waals surface area contributed by atoms with Crippen LogP contribution in [0.5, 0.6) is 0 Å². The second kappa shape index (κ2) is 3.91. The van der Waals surface area contributed by atoms with Crippen LogP contribution in [0.25, 0.3) is 0 Å². The lowest BCUT2D eigenvalue weighted by Gasteiger charge is -2.11. The van der Waals surface area contributed by atoms with Crippen LogP contribution in [0.2, 0.25) is 0 Å². The Morgan fingerprint density at radius 1 is 1.57 bits per heavy atom. The normalized spacial score (nSPS) is 13.0. The third-order valence-electron chi connectivity index (χ3n) is 2.13. The molecule has 0 aromatic carbocycles. The first-order chi connectivity index (χ1) is 6.83. The molecule has 2 heterocycles. The molecule has 0 saturated heterocycles. The van der Waals surface area contributed by atoms with E-state index >= 15 is 0 Å². The minimum absolute atomic E-state index is 0.0833. The summed E-state index contributed by atoms with van der Waals surface area (Å²) >= 11 is 1.41. The second-order valence-electron chi connectivity index (χ2n) is 2.96. The van der Waals surface area contributed by atoms with Crippen molar-refractivity contribution < 1.29 is 4.42 Å². The smallest absolute Gasteiger partial charge is 0.105 e. The van der Waals surface area contributed by atoms with Gasteiger partial charge in [0.2, 0.25) is 0 Å². The molecule has 0 aliphatic rings. The van der Waals surface area contributed by atoms with E-state index in [1.807, 2.05) is 24.4 Å². The number of rotatable bonds is 3. The van der Waals surface area contributed by atoms with Crippen molar-refractivity contribution in [3.63, 3.8) is 0 Å². The molecular weight excluding hydrogens is 198 g/mol. The minimum Gasteiger partial charge on any atom is -0.469 e. The maximum atomic E-state index is 5.50. The fraction of sp³-hybridized carbons (Fsp3) is 0.222. The zero-order valence-electron chi connectivity index (χ0n) is 7.73. The van der Waals surface area contributed by atoms with Crippen molar-refractivity contribution in [3.8, 4) is 0 Å². The molecule has 4 nitrogen and oxygen atoms in total. The van der Waals surface area contributed by atoms with Crippen molar-refractivity contribution in [1.29, 1.82) is 0 Å². The number of furan rings is 1. The summed E-state index contributed by atoms with van der Waals surface area (Å²) in [7, 11) is 0. The van der Waals surface area contributed by atoms with Gasteiger partial charge in [0, 0.05) is 10.9 Å². The molecule has 2 rings (SSSR count). The minimum atomic E-state index is -0.0833. The van der Waals surface area contributed by atoms with Gasteiger partial charge in [0.25, 0.3) is 0 Å². The van der Waals surface area contributed by atoms with E-state index in [0.29, 0.717) is 0 Å². The summed E-state index contributed by atoms with van der Waals surface area (Å²) in [4.78, 5) is 0. The van der Waals surface area contributed by atoms with Crippen molar-refractivity contribution >= 4 is 11.5 Å². The number of nitrogens with one attached hydrogen (secondary N) is 1. The predicted molar refractivity (Wildman–Crippen MR) is 54.7 cm³/mol. The third-order valence-corrected chi connectivity index (χ3v) is 2.70. The van der Waals surface area contributed by atoms with Gasteiger partial charge in [-0.05, 0) is 30.6 Å². The standard InChI is InChI=1S/C9H11N3OS/c1-6-7(2-4-13-6)9(11-10)8-3-5-14-12-8/h2-5,9,11H,10H2,1H3. The molecule has 0 spiro atoms. The molecule has 2 aromatic heterocycles. The molecule has 2 aromatic rings. The topological polar surface area (TPSA) is 64.1 Å². The van der Waals surface area contributed by atoms with Crippen LogP contribution in [0.4, 0.5) is 0 Å². The van der Waals surface area contributed by atoms with E-state index in [1.165, 1.54) is 11.5 Å². The first-order valence-electron chi connectivity index (χ1n) is 4.23. The van der Waals surface area contributed by atoms with E-state index in [1.54, 1.807) is 6.26 Å². The monoisotopic (exact) mass is 209 g/mol. The Kier molecular flexibility index (Phi) is 2.62. The first-order valence-corrected chi connectivity index (χ1v) is 5.07. The Morgan fingerprint density at radius 3 is 2.93 bits per heavy atom. The van der Waals surface area contributed by atoms with Gasteiger partial charge in [-0.3, -0.25) is 5.84 Å². The van der Waals surface area contributed by atoms with Crippen molar-refractivity contribution in [3.05, 3.63) is 40.8 Å². The molecule has 1 atom stereocenters. The van der Waals surface area contributed by atoms with Gasteiger partial charge in [-0.2, -0.15) is 4.37 Å². The van der Waals surface area contributed by atoms with E-state index in [4.69, 9.17) is 10.3 Å². The third kappa shape index (κ3) is 1.57. The maximum absolute atomic E-state index is 5.50. The Hall–Kier alpha value is -1.17. The van der Waals surface area contributed by atoms with Gasteiger partial charge in [0.15, 0.2) is 0 Å². The lowest BCUT2D eigenvalue weighted by atomic mass is 10.1. The van der Waals surface area contributed by atoms with E-state index < -0.39 is 0 Å². The number of hydrogen-bond acceptors (Lipinski definition) is 5. The van der Waals surface area contributed by atoms with Gasteiger partial charge >= 0.3 is 0 Å². The van der Waals surface area contributed by atoms with Crippen LogP contribution in [0.1, 0.15) is 23.1 Å². The van der Waals surface area contributed by atoms with Crippen LogP contribution in [0.3, 0.4) is 0 Å². The summed E-state index contributed by atoms with van der Waals surface area (Å²) < 4.78 is 9.47. The number of aromatic nitrogens is 1. The average molecular weight is 209 g/mol. The highest BCUT2D eigenvalue weighted by Gasteiger charge is 2.17. The van der Waals surface area contributed by atoms with Crippen LogP contribution in [-0.4, -0.2) is 4.37 Å². The molecule has 0 fully saturated rings. The van der Waals surface area contributed by atoms with Crippen LogP contribution < -0.4 is 11.3 Å². The summed E-state index contributed by atoms with van der Waals surface area (Å²) in [6.07, 6.45) is 1.65. The van der Waals surface area contributed by atoms with E-state index in [0.717, 1.165) is 17.0 Å². The molecule has 14 heavy (non-hydrogen) atoms. The van der Waals surface area contributed by atoms with Gasteiger partial charge < -0.3 is 4.42 Å². The summed E-state index contributed by atoms with van der Waals surface area (Å²) in [6, 6.07) is 3.76. The van der Waals surface area contributed by atoms with E-state index in [2.05, 4.69) is 9.80 Å². The highest BCUT2D eigenvalue weighted by molar-refractivity contribution is 7.03. The Morgan fingerprint density at radius 2 is 2.43 bits per heavy atom. The van der Waals surface area contributed by atoms with Gasteiger partial charge in [0.1, 0.15) is 5.76 Å². The highest BCUT2D eigenvalue weighted by atomic mass is 32.1. The van der Waals surface area contributed by atoms with Crippen LogP contribution >= 0.6 is 11.5 Å². The molecule has 1 unspecified atom stereocenters. The van der Waals surface area contributed by atoms with Crippen molar-refractivity contribution in [2.75, 3.05) is 0 Å². The number of hydrazine groups is 1. The fourth-order valence-electron chi connectivity index (χ4n) is 1.40. The molecule has 0 aliphatic heterocycles. The largest absolute Gasteiger partial charge is 0.469 e. The molecular formula is C9H11N3OS. The Labute approximate surface area is 85.9 Å². The quantitative estimate of drug-likeness (QED) is 0.595. The van der Waals surface area contributed by atoms with E-state index in [-0.39, 0.29) is 6.04 Å². The Balaban J connectivity index is 2.36.